The Morgan fingerprint density at radius 2 is 2.27 bits per heavy atom. The third-order valence-electron chi connectivity index (χ3n) is 2.02. The molecule has 0 atom stereocenters. The molecule has 74 valence electrons. The lowest BCUT2D eigenvalue weighted by atomic mass is 10.3. The molecule has 3 aromatic rings. The Labute approximate surface area is 83.5 Å². The second-order valence-electron chi connectivity index (χ2n) is 2.97. The summed E-state index contributed by atoms with van der Waals surface area (Å²) in [5.74, 6) is 0.228. The van der Waals surface area contributed by atoms with E-state index in [0.717, 1.165) is 5.65 Å². The van der Waals surface area contributed by atoms with Gasteiger partial charge in [0.15, 0.2) is 17.2 Å². The van der Waals surface area contributed by atoms with Gasteiger partial charge in [0.1, 0.15) is 5.69 Å². The minimum absolute atomic E-state index is 0.228. The van der Waals surface area contributed by atoms with Gasteiger partial charge in [-0.2, -0.15) is 0 Å². The summed E-state index contributed by atoms with van der Waals surface area (Å²) < 4.78 is 6.32. The van der Waals surface area contributed by atoms with Crippen molar-refractivity contribution >= 4 is 11.5 Å². The van der Waals surface area contributed by atoms with E-state index in [4.69, 9.17) is 5.73 Å². The molecule has 0 unspecified atom stereocenters. The molecule has 0 saturated heterocycles. The molecule has 3 rings (SSSR count). The molecule has 3 aromatic heterocycles. The minimum Gasteiger partial charge on any atom is -0.379 e. The number of fused-ring (bicyclic) bond motifs is 1. The lowest BCUT2D eigenvalue weighted by Crippen LogP contribution is -1.88. The van der Waals surface area contributed by atoms with E-state index in [2.05, 4.69) is 24.9 Å². The van der Waals surface area contributed by atoms with E-state index in [9.17, 15) is 0 Å². The quantitative estimate of drug-likeness (QED) is 0.612. The van der Waals surface area contributed by atoms with E-state index in [0.29, 0.717) is 11.4 Å². The maximum absolute atomic E-state index is 5.56. The summed E-state index contributed by atoms with van der Waals surface area (Å²) >= 11 is 0. The summed E-state index contributed by atoms with van der Waals surface area (Å²) in [7, 11) is 0. The monoisotopic (exact) mass is 202 g/mol. The first kappa shape index (κ1) is 7.92. The minimum atomic E-state index is 0.228. The Morgan fingerprint density at radius 1 is 1.33 bits per heavy atom. The van der Waals surface area contributed by atoms with Crippen LogP contribution >= 0.6 is 0 Å². The summed E-state index contributed by atoms with van der Waals surface area (Å²) in [5.41, 5.74) is 7.34. The highest BCUT2D eigenvalue weighted by Gasteiger charge is 2.12. The van der Waals surface area contributed by atoms with E-state index in [1.807, 2.05) is 4.40 Å². The second kappa shape index (κ2) is 2.77. The van der Waals surface area contributed by atoms with Crippen molar-refractivity contribution in [2.24, 2.45) is 0 Å². The molecule has 2 N–H and O–H groups in total. The molecule has 0 aliphatic heterocycles. The van der Waals surface area contributed by atoms with Crippen LogP contribution in [-0.2, 0) is 0 Å². The molecular formula is C8H6N6O. The maximum atomic E-state index is 5.56. The van der Waals surface area contributed by atoms with Crippen molar-refractivity contribution in [2.75, 3.05) is 5.73 Å². The number of rotatable bonds is 1. The zero-order valence-corrected chi connectivity index (χ0v) is 7.53. The van der Waals surface area contributed by atoms with Crippen molar-refractivity contribution in [1.82, 2.24) is 24.7 Å². The first-order valence-corrected chi connectivity index (χ1v) is 4.22. The van der Waals surface area contributed by atoms with Gasteiger partial charge in [0.05, 0.1) is 6.20 Å². The highest BCUT2D eigenvalue weighted by Crippen LogP contribution is 2.20. The van der Waals surface area contributed by atoms with Crippen LogP contribution in [0.3, 0.4) is 0 Å². The van der Waals surface area contributed by atoms with Crippen molar-refractivity contribution in [3.8, 4) is 11.4 Å². The lowest BCUT2D eigenvalue weighted by Gasteiger charge is -1.86. The van der Waals surface area contributed by atoms with E-state index >= 15 is 0 Å². The fourth-order valence-corrected chi connectivity index (χ4v) is 1.33. The van der Waals surface area contributed by atoms with Crippen LogP contribution in [0.15, 0.2) is 29.4 Å². The number of nitrogens with zero attached hydrogens (tertiary/aromatic N) is 5. The first-order valence-electron chi connectivity index (χ1n) is 4.22. The van der Waals surface area contributed by atoms with Gasteiger partial charge in [-0.25, -0.2) is 9.61 Å². The van der Waals surface area contributed by atoms with Gasteiger partial charge in [-0.05, 0) is 10.3 Å². The van der Waals surface area contributed by atoms with Crippen LogP contribution in [-0.4, -0.2) is 24.7 Å². The van der Waals surface area contributed by atoms with Crippen molar-refractivity contribution in [3.63, 3.8) is 0 Å². The first-order chi connectivity index (χ1) is 7.34. The van der Waals surface area contributed by atoms with Crippen LogP contribution in [0, 0.1) is 0 Å². The number of aromatic nitrogens is 5. The normalized spacial score (nSPS) is 10.9. The van der Waals surface area contributed by atoms with Crippen LogP contribution < -0.4 is 5.73 Å². The molecule has 0 aromatic carbocycles. The van der Waals surface area contributed by atoms with Gasteiger partial charge in [0.2, 0.25) is 0 Å². The van der Waals surface area contributed by atoms with Crippen molar-refractivity contribution in [1.29, 1.82) is 0 Å². The van der Waals surface area contributed by atoms with Crippen LogP contribution in [0.1, 0.15) is 0 Å². The standard InChI is InChI=1S/C8H6N6O/c9-8-7(12-15-13-8)5-4-14-2-1-10-3-6(14)11-5/h1-4H,(H2,9,13). The molecule has 15 heavy (non-hydrogen) atoms. The number of hydrogen-bond donors (Lipinski definition) is 1. The average Bonchev–Trinajstić information content (AvgIpc) is 2.82. The van der Waals surface area contributed by atoms with Gasteiger partial charge < -0.3 is 10.1 Å². The number of nitrogens with two attached hydrogens (primary N) is 1. The second-order valence-corrected chi connectivity index (χ2v) is 2.97. The third-order valence-corrected chi connectivity index (χ3v) is 2.02. The molecule has 0 aliphatic rings. The van der Waals surface area contributed by atoms with Crippen LogP contribution in [0.2, 0.25) is 0 Å². The van der Waals surface area contributed by atoms with Crippen molar-refractivity contribution in [3.05, 3.63) is 24.8 Å². The molecule has 7 nitrogen and oxygen atoms in total. The van der Waals surface area contributed by atoms with Gasteiger partial charge in [-0.15, -0.1) is 0 Å². The number of imidazole rings is 1. The van der Waals surface area contributed by atoms with E-state index in [1.54, 1.807) is 24.8 Å². The average molecular weight is 202 g/mol. The van der Waals surface area contributed by atoms with E-state index < -0.39 is 0 Å². The highest BCUT2D eigenvalue weighted by molar-refractivity contribution is 5.67. The van der Waals surface area contributed by atoms with Gasteiger partial charge in [0, 0.05) is 18.6 Å². The van der Waals surface area contributed by atoms with E-state index in [-0.39, 0.29) is 5.82 Å². The summed E-state index contributed by atoms with van der Waals surface area (Å²) in [5, 5.41) is 7.16. The molecule has 0 amide bonds. The molecule has 7 heteroatoms. The Kier molecular flexibility index (Phi) is 1.46. The van der Waals surface area contributed by atoms with Crippen LogP contribution in [0.5, 0.6) is 0 Å². The SMILES string of the molecule is Nc1nonc1-c1cn2ccncc2n1. The van der Waals surface area contributed by atoms with Crippen molar-refractivity contribution in [2.45, 2.75) is 0 Å². The molecule has 0 fully saturated rings. The Bertz CT molecular complexity index is 579. The molecular weight excluding hydrogens is 196 g/mol. The maximum Gasteiger partial charge on any atom is 0.198 e. The molecule has 0 bridgehead atoms. The molecule has 0 aliphatic carbocycles. The zero-order valence-electron chi connectivity index (χ0n) is 7.53. The van der Waals surface area contributed by atoms with Gasteiger partial charge in [-0.1, -0.05) is 0 Å². The molecule has 0 spiro atoms. The lowest BCUT2D eigenvalue weighted by molar-refractivity contribution is 0.310. The number of anilines is 1. The smallest absolute Gasteiger partial charge is 0.198 e. The molecule has 0 saturated carbocycles. The summed E-state index contributed by atoms with van der Waals surface area (Å²) in [6.45, 7) is 0. The predicted molar refractivity (Wildman–Crippen MR) is 50.7 cm³/mol. The number of hydrogen-bond acceptors (Lipinski definition) is 6. The van der Waals surface area contributed by atoms with Gasteiger partial charge in [-0.3, -0.25) is 4.98 Å². The highest BCUT2D eigenvalue weighted by atomic mass is 16.6. The Morgan fingerprint density at radius 3 is 3.00 bits per heavy atom. The molecule has 3 heterocycles. The van der Waals surface area contributed by atoms with Gasteiger partial charge >= 0.3 is 0 Å². The van der Waals surface area contributed by atoms with Gasteiger partial charge in [0.25, 0.3) is 0 Å². The summed E-state index contributed by atoms with van der Waals surface area (Å²) in [6, 6.07) is 0. The summed E-state index contributed by atoms with van der Waals surface area (Å²) in [4.78, 5) is 8.23. The third kappa shape index (κ3) is 1.13. The number of nitrogen functional groups attached to an aromatic ring is 1. The van der Waals surface area contributed by atoms with E-state index in [1.165, 1.54) is 0 Å². The largest absolute Gasteiger partial charge is 0.379 e. The Hall–Kier alpha value is -2.44. The molecule has 0 radical (unpaired) electrons. The Balaban J connectivity index is 2.24. The topological polar surface area (TPSA) is 95.1 Å². The fraction of sp³-hybridized carbons (Fsp3) is 0. The van der Waals surface area contributed by atoms with Crippen LogP contribution in [0.4, 0.5) is 5.82 Å². The van der Waals surface area contributed by atoms with Crippen molar-refractivity contribution < 1.29 is 4.63 Å². The summed E-state index contributed by atoms with van der Waals surface area (Å²) in [6.07, 6.45) is 6.89. The van der Waals surface area contributed by atoms with Crippen LogP contribution in [0.25, 0.3) is 17.0 Å². The predicted octanol–water partition coefficient (Wildman–Crippen LogP) is 0.361. The fourth-order valence-electron chi connectivity index (χ4n) is 1.33. The zero-order chi connectivity index (χ0) is 10.3.